The zero-order valence-electron chi connectivity index (χ0n) is 11.7. The van der Waals surface area contributed by atoms with E-state index in [1.807, 2.05) is 7.05 Å². The van der Waals surface area contributed by atoms with Crippen molar-refractivity contribution < 1.29 is 0 Å². The minimum Gasteiger partial charge on any atom is -0.314 e. The number of hydrogen-bond acceptors (Lipinski definition) is 1. The number of hydrogen-bond donors (Lipinski definition) is 1. The summed E-state index contributed by atoms with van der Waals surface area (Å²) in [5, 5.41) is 3.40. The third kappa shape index (κ3) is 2.95. The third-order valence-corrected chi connectivity index (χ3v) is 3.86. The molecule has 2 heteroatoms. The molecule has 1 atom stereocenters. The summed E-state index contributed by atoms with van der Waals surface area (Å²) in [5.41, 5.74) is 5.49. The maximum absolute atomic E-state index is 3.40. The molecule has 0 bridgehead atoms. The highest BCUT2D eigenvalue weighted by Crippen LogP contribution is 2.30. The van der Waals surface area contributed by atoms with E-state index in [1.54, 1.807) is 0 Å². The van der Waals surface area contributed by atoms with Crippen LogP contribution in [0.25, 0.3) is 5.57 Å². The monoisotopic (exact) mass is 285 g/mol. The van der Waals surface area contributed by atoms with Crippen LogP contribution in [0.15, 0.2) is 60.7 Å². The van der Waals surface area contributed by atoms with Gasteiger partial charge in [0.1, 0.15) is 0 Å². The molecule has 1 unspecified atom stereocenters. The summed E-state index contributed by atoms with van der Waals surface area (Å²) < 4.78 is 0. The molecule has 20 heavy (non-hydrogen) atoms. The van der Waals surface area contributed by atoms with E-state index < -0.39 is 0 Å². The second kappa shape index (κ2) is 6.74. The molecule has 1 N–H and O–H groups in total. The Morgan fingerprint density at radius 2 is 1.65 bits per heavy atom. The summed E-state index contributed by atoms with van der Waals surface area (Å²) in [5.74, 6) is 0. The number of rotatable bonds is 2. The van der Waals surface area contributed by atoms with Gasteiger partial charge in [-0.1, -0.05) is 60.7 Å². The van der Waals surface area contributed by atoms with Gasteiger partial charge in [0.15, 0.2) is 0 Å². The first-order valence-electron chi connectivity index (χ1n) is 6.91. The Kier molecular flexibility index (Phi) is 4.99. The van der Waals surface area contributed by atoms with Gasteiger partial charge in [0, 0.05) is 6.04 Å². The summed E-state index contributed by atoms with van der Waals surface area (Å²) in [4.78, 5) is 0. The summed E-state index contributed by atoms with van der Waals surface area (Å²) >= 11 is 0. The smallest absolute Gasteiger partial charge is 0.0259 e. The van der Waals surface area contributed by atoms with Crippen molar-refractivity contribution in [1.29, 1.82) is 0 Å². The summed E-state index contributed by atoms with van der Waals surface area (Å²) in [7, 11) is 2.04. The molecule has 0 heterocycles. The normalized spacial score (nSPS) is 17.4. The molecule has 104 valence electrons. The lowest BCUT2D eigenvalue weighted by Crippen LogP contribution is -2.22. The fourth-order valence-electron chi connectivity index (χ4n) is 2.78. The Bertz CT molecular complexity index is 589. The molecule has 2 aromatic carbocycles. The van der Waals surface area contributed by atoms with Gasteiger partial charge in [0.25, 0.3) is 0 Å². The van der Waals surface area contributed by atoms with Crippen molar-refractivity contribution in [1.82, 2.24) is 5.32 Å². The van der Waals surface area contributed by atoms with Crippen molar-refractivity contribution in [2.24, 2.45) is 0 Å². The molecule has 0 aromatic heterocycles. The molecule has 0 aliphatic heterocycles. The van der Waals surface area contributed by atoms with Gasteiger partial charge in [-0.2, -0.15) is 0 Å². The van der Waals surface area contributed by atoms with Crippen molar-refractivity contribution in [3.8, 4) is 0 Å². The molecule has 0 spiro atoms. The van der Waals surface area contributed by atoms with Crippen LogP contribution in [0, 0.1) is 0 Å². The molecule has 1 nitrogen and oxygen atoms in total. The predicted molar refractivity (Wildman–Crippen MR) is 88.4 cm³/mol. The van der Waals surface area contributed by atoms with Gasteiger partial charge in [0.05, 0.1) is 0 Å². The highest BCUT2D eigenvalue weighted by Gasteiger charge is 2.16. The van der Waals surface area contributed by atoms with E-state index in [0.717, 1.165) is 12.8 Å². The Hall–Kier alpha value is -1.57. The van der Waals surface area contributed by atoms with E-state index in [9.17, 15) is 0 Å². The van der Waals surface area contributed by atoms with Gasteiger partial charge in [-0.3, -0.25) is 0 Å². The quantitative estimate of drug-likeness (QED) is 0.877. The van der Waals surface area contributed by atoms with Crippen LogP contribution >= 0.6 is 12.4 Å². The lowest BCUT2D eigenvalue weighted by Gasteiger charge is -2.12. The van der Waals surface area contributed by atoms with Crippen molar-refractivity contribution in [3.05, 3.63) is 77.4 Å². The van der Waals surface area contributed by atoms with Crippen molar-refractivity contribution in [2.75, 3.05) is 7.05 Å². The Morgan fingerprint density at radius 3 is 2.40 bits per heavy atom. The van der Waals surface area contributed by atoms with Gasteiger partial charge in [-0.25, -0.2) is 0 Å². The van der Waals surface area contributed by atoms with Crippen molar-refractivity contribution in [2.45, 2.75) is 18.9 Å². The number of nitrogens with one attached hydrogen (secondary N) is 1. The number of likely N-dealkylation sites (N-methyl/N-ethyl adjacent to an activating group) is 1. The minimum absolute atomic E-state index is 0. The highest BCUT2D eigenvalue weighted by atomic mass is 35.5. The number of fused-ring (bicyclic) bond motifs is 1. The molecule has 1 aliphatic rings. The maximum Gasteiger partial charge on any atom is 0.0259 e. The molecular weight excluding hydrogens is 266 g/mol. The van der Waals surface area contributed by atoms with Crippen molar-refractivity contribution >= 4 is 18.0 Å². The Morgan fingerprint density at radius 1 is 0.950 bits per heavy atom. The van der Waals surface area contributed by atoms with Gasteiger partial charge in [-0.05, 0) is 42.2 Å². The average molecular weight is 286 g/mol. The molecule has 0 radical (unpaired) electrons. The SMILES string of the molecule is CNC1C=C(c2ccccc2)c2ccccc2CC1.Cl. The summed E-state index contributed by atoms with van der Waals surface area (Å²) in [6.07, 6.45) is 4.67. The zero-order valence-corrected chi connectivity index (χ0v) is 12.5. The van der Waals surface area contributed by atoms with Crippen LogP contribution in [0.4, 0.5) is 0 Å². The van der Waals surface area contributed by atoms with Crippen LogP contribution in [0.1, 0.15) is 23.1 Å². The van der Waals surface area contributed by atoms with E-state index in [0.29, 0.717) is 6.04 Å². The number of aryl methyl sites for hydroxylation is 1. The maximum atomic E-state index is 3.40. The van der Waals surface area contributed by atoms with Crippen LogP contribution in [0.5, 0.6) is 0 Å². The van der Waals surface area contributed by atoms with Gasteiger partial charge >= 0.3 is 0 Å². The van der Waals surface area contributed by atoms with Crippen LogP contribution in [-0.2, 0) is 6.42 Å². The van der Waals surface area contributed by atoms with Gasteiger partial charge in [-0.15, -0.1) is 12.4 Å². The molecule has 0 saturated carbocycles. The van der Waals surface area contributed by atoms with Gasteiger partial charge < -0.3 is 5.32 Å². The van der Waals surface area contributed by atoms with Crippen LogP contribution < -0.4 is 5.32 Å². The van der Waals surface area contributed by atoms with Crippen LogP contribution in [-0.4, -0.2) is 13.1 Å². The van der Waals surface area contributed by atoms with Crippen LogP contribution in [0.3, 0.4) is 0 Å². The second-order valence-electron chi connectivity index (χ2n) is 5.04. The third-order valence-electron chi connectivity index (χ3n) is 3.86. The fraction of sp³-hybridized carbons (Fsp3) is 0.222. The topological polar surface area (TPSA) is 12.0 Å². The molecule has 1 aliphatic carbocycles. The molecule has 0 amide bonds. The summed E-state index contributed by atoms with van der Waals surface area (Å²) in [6.45, 7) is 0. The zero-order chi connectivity index (χ0) is 13.1. The standard InChI is InChI=1S/C18H19N.ClH/c1-19-16-12-11-15-9-5-6-10-17(15)18(13-16)14-7-3-2-4-8-14;/h2-10,13,16,19H,11-12H2,1H3;1H. The first kappa shape index (κ1) is 14.8. The first-order chi connectivity index (χ1) is 9.38. The molecule has 2 aromatic rings. The highest BCUT2D eigenvalue weighted by molar-refractivity contribution is 5.85. The van der Waals surface area contributed by atoms with E-state index in [-0.39, 0.29) is 12.4 Å². The number of benzene rings is 2. The second-order valence-corrected chi connectivity index (χ2v) is 5.04. The average Bonchev–Trinajstić information content (AvgIpc) is 2.68. The van der Waals surface area contributed by atoms with Crippen LogP contribution in [0.2, 0.25) is 0 Å². The van der Waals surface area contributed by atoms with Crippen molar-refractivity contribution in [3.63, 3.8) is 0 Å². The number of halogens is 1. The van der Waals surface area contributed by atoms with E-state index in [4.69, 9.17) is 0 Å². The predicted octanol–water partition coefficient (Wildman–Crippen LogP) is 4.07. The molecule has 0 fully saturated rings. The Balaban J connectivity index is 0.00000147. The lowest BCUT2D eigenvalue weighted by atomic mass is 9.94. The largest absolute Gasteiger partial charge is 0.314 e. The fourth-order valence-corrected chi connectivity index (χ4v) is 2.78. The Labute approximate surface area is 127 Å². The molecule has 0 saturated heterocycles. The molecule has 3 rings (SSSR count). The summed E-state index contributed by atoms with van der Waals surface area (Å²) in [6, 6.07) is 19.9. The lowest BCUT2D eigenvalue weighted by molar-refractivity contribution is 0.619. The minimum atomic E-state index is 0. The van der Waals surface area contributed by atoms with Gasteiger partial charge in [0.2, 0.25) is 0 Å². The molecular formula is C18H20ClN. The van der Waals surface area contributed by atoms with E-state index >= 15 is 0 Å². The van der Waals surface area contributed by atoms with E-state index in [2.05, 4.69) is 66.0 Å². The van der Waals surface area contributed by atoms with E-state index in [1.165, 1.54) is 22.3 Å². The first-order valence-corrected chi connectivity index (χ1v) is 6.91.